The van der Waals surface area contributed by atoms with Gasteiger partial charge < -0.3 is 20.5 Å². The van der Waals surface area contributed by atoms with Crippen LogP contribution in [0.3, 0.4) is 0 Å². The molecule has 0 saturated heterocycles. The summed E-state index contributed by atoms with van der Waals surface area (Å²) in [6.45, 7) is 0.559. The summed E-state index contributed by atoms with van der Waals surface area (Å²) in [4.78, 5) is 12.9. The first-order valence-corrected chi connectivity index (χ1v) is 11.2. The number of anilines is 2. The second-order valence-corrected chi connectivity index (χ2v) is 8.75. The van der Waals surface area contributed by atoms with Gasteiger partial charge in [0.15, 0.2) is 6.61 Å². The van der Waals surface area contributed by atoms with Gasteiger partial charge in [-0.15, -0.1) is 11.8 Å². The summed E-state index contributed by atoms with van der Waals surface area (Å²) >= 11 is 1.69. The molecule has 0 radical (unpaired) electrons. The Morgan fingerprint density at radius 1 is 1.12 bits per heavy atom. The van der Waals surface area contributed by atoms with Gasteiger partial charge in [0.1, 0.15) is 11.6 Å². The Labute approximate surface area is 189 Å². The van der Waals surface area contributed by atoms with Crippen molar-refractivity contribution in [3.05, 3.63) is 83.2 Å². The first-order valence-electron chi connectivity index (χ1n) is 10.3. The molecule has 0 fully saturated rings. The topological polar surface area (TPSA) is 70.6 Å². The van der Waals surface area contributed by atoms with E-state index in [9.17, 15) is 9.18 Å². The van der Waals surface area contributed by atoms with Crippen molar-refractivity contribution < 1.29 is 19.0 Å². The van der Waals surface area contributed by atoms with Crippen molar-refractivity contribution in [3.8, 4) is 5.75 Å². The van der Waals surface area contributed by atoms with Gasteiger partial charge in [0.2, 0.25) is 0 Å². The number of fused-ring (bicyclic) bond motifs is 2. The van der Waals surface area contributed by atoms with Crippen LogP contribution in [0, 0.1) is 5.82 Å². The Morgan fingerprint density at radius 3 is 2.78 bits per heavy atom. The molecule has 3 N–H and O–H groups in total. The van der Waals surface area contributed by atoms with Crippen molar-refractivity contribution in [1.29, 1.82) is 0 Å². The van der Waals surface area contributed by atoms with E-state index in [1.165, 1.54) is 12.1 Å². The predicted octanol–water partition coefficient (Wildman–Crippen LogP) is 4.95. The van der Waals surface area contributed by atoms with Crippen LogP contribution < -0.4 is 15.4 Å². The lowest BCUT2D eigenvalue weighted by Gasteiger charge is -2.28. The molecule has 1 amide bonds. The number of carbonyl (C=O) groups excluding carboxylic acids is 1. The molecule has 5 nitrogen and oxygen atoms in total. The maximum absolute atomic E-state index is 13.6. The maximum Gasteiger partial charge on any atom is 0.262 e. The zero-order valence-corrected chi connectivity index (χ0v) is 17.9. The molecule has 2 heterocycles. The highest BCUT2D eigenvalue weighted by atomic mass is 32.2. The van der Waals surface area contributed by atoms with Gasteiger partial charge in [0.05, 0.1) is 17.5 Å². The number of carbonyl (C=O) groups is 1. The van der Waals surface area contributed by atoms with Crippen molar-refractivity contribution in [3.63, 3.8) is 0 Å². The van der Waals surface area contributed by atoms with Gasteiger partial charge in [-0.1, -0.05) is 24.3 Å². The lowest BCUT2D eigenvalue weighted by molar-refractivity contribution is -0.118. The van der Waals surface area contributed by atoms with Gasteiger partial charge in [-0.05, 0) is 64.7 Å². The minimum atomic E-state index is -0.273. The van der Waals surface area contributed by atoms with Crippen LogP contribution in [-0.2, 0) is 4.79 Å². The second kappa shape index (κ2) is 8.68. The van der Waals surface area contributed by atoms with Gasteiger partial charge in [-0.25, -0.2) is 4.39 Å². The summed E-state index contributed by atoms with van der Waals surface area (Å²) in [7, 11) is 0. The smallest absolute Gasteiger partial charge is 0.262 e. The van der Waals surface area contributed by atoms with E-state index < -0.39 is 0 Å². The molecule has 2 aliphatic heterocycles. The molecule has 3 aromatic carbocycles. The van der Waals surface area contributed by atoms with Crippen molar-refractivity contribution in [1.82, 2.24) is 0 Å². The summed E-state index contributed by atoms with van der Waals surface area (Å²) in [5.74, 6) is 0.199. The first kappa shape index (κ1) is 20.6. The number of nitrogens with one attached hydrogen (secondary N) is 2. The van der Waals surface area contributed by atoms with E-state index in [0.717, 1.165) is 32.8 Å². The Hall–Kier alpha value is -3.29. The van der Waals surface area contributed by atoms with Crippen LogP contribution in [0.25, 0.3) is 11.6 Å². The van der Waals surface area contributed by atoms with E-state index in [0.29, 0.717) is 18.0 Å². The monoisotopic (exact) mass is 448 g/mol. The zero-order chi connectivity index (χ0) is 22.1. The molecule has 1 unspecified atom stereocenters. The molecule has 0 saturated carbocycles. The SMILES string of the molecule is O=C1COc2ccc(C3=Cc4ccc(NCCO)cc4SC3c3ccc(F)cc3)cc2N1. The summed E-state index contributed by atoms with van der Waals surface area (Å²) in [6, 6.07) is 18.5. The molecular weight excluding hydrogens is 427 g/mol. The minimum Gasteiger partial charge on any atom is -0.482 e. The normalized spacial score (nSPS) is 16.9. The number of thioether (sulfide) groups is 1. The highest BCUT2D eigenvalue weighted by molar-refractivity contribution is 8.00. The molecule has 1 atom stereocenters. The number of halogens is 1. The molecular formula is C25H21FN2O3S. The number of hydrogen-bond donors (Lipinski definition) is 3. The van der Waals surface area contributed by atoms with Gasteiger partial charge in [-0.3, -0.25) is 4.79 Å². The summed E-state index contributed by atoms with van der Waals surface area (Å²) in [5, 5.41) is 15.1. The number of ether oxygens (including phenoxy) is 1. The average Bonchev–Trinajstić information content (AvgIpc) is 2.82. The molecule has 0 aromatic heterocycles. The van der Waals surface area contributed by atoms with E-state index >= 15 is 0 Å². The average molecular weight is 449 g/mol. The second-order valence-electron chi connectivity index (χ2n) is 7.60. The zero-order valence-electron chi connectivity index (χ0n) is 17.1. The molecule has 0 spiro atoms. The molecule has 7 heteroatoms. The van der Waals surface area contributed by atoms with Crippen LogP contribution in [0.15, 0.2) is 65.6 Å². The number of amides is 1. The molecule has 0 aliphatic carbocycles. The number of aliphatic hydroxyl groups excluding tert-OH is 1. The van der Waals surface area contributed by atoms with Crippen LogP contribution in [0.1, 0.15) is 21.9 Å². The fourth-order valence-electron chi connectivity index (χ4n) is 3.88. The highest BCUT2D eigenvalue weighted by Crippen LogP contribution is 2.51. The Bertz CT molecular complexity index is 1210. The number of benzene rings is 3. The van der Waals surface area contributed by atoms with Gasteiger partial charge >= 0.3 is 0 Å². The van der Waals surface area contributed by atoms with Crippen LogP contribution in [-0.4, -0.2) is 30.8 Å². The Kier molecular flexibility index (Phi) is 5.59. The molecule has 5 rings (SSSR count). The Morgan fingerprint density at radius 2 is 1.97 bits per heavy atom. The Balaban J connectivity index is 1.58. The van der Waals surface area contributed by atoms with E-state index in [2.05, 4.69) is 22.8 Å². The quantitative estimate of drug-likeness (QED) is 0.515. The fourth-order valence-corrected chi connectivity index (χ4v) is 5.22. The van der Waals surface area contributed by atoms with Crippen molar-refractivity contribution >= 4 is 40.7 Å². The summed E-state index contributed by atoms with van der Waals surface area (Å²) < 4.78 is 19.1. The first-order chi connectivity index (χ1) is 15.6. The van der Waals surface area contributed by atoms with Crippen LogP contribution in [0.2, 0.25) is 0 Å². The van der Waals surface area contributed by atoms with Crippen molar-refractivity contribution in [2.45, 2.75) is 10.1 Å². The van der Waals surface area contributed by atoms with Gasteiger partial charge in [0.25, 0.3) is 5.91 Å². The molecule has 0 bridgehead atoms. The third-order valence-corrected chi connectivity index (χ3v) is 6.78. The van der Waals surface area contributed by atoms with Gasteiger partial charge in [0, 0.05) is 17.1 Å². The van der Waals surface area contributed by atoms with Crippen molar-refractivity contribution in [2.24, 2.45) is 0 Å². The lowest BCUT2D eigenvalue weighted by Crippen LogP contribution is -2.25. The highest BCUT2D eigenvalue weighted by Gasteiger charge is 2.27. The van der Waals surface area contributed by atoms with E-state index in [1.807, 2.05) is 42.5 Å². The maximum atomic E-state index is 13.6. The lowest BCUT2D eigenvalue weighted by atomic mass is 9.94. The standard InChI is InChI=1S/C25H21FN2O3S/c26-18-5-1-15(2-6-18)25-20(16-4-8-22-21(12-16)28-24(30)14-31-22)11-17-3-7-19(27-9-10-29)13-23(17)32-25/h1-8,11-13,25,27,29H,9-10,14H2,(H,28,30). The number of rotatable bonds is 5. The largest absolute Gasteiger partial charge is 0.482 e. The van der Waals surface area contributed by atoms with E-state index in [4.69, 9.17) is 9.84 Å². The van der Waals surface area contributed by atoms with Crippen LogP contribution in [0.5, 0.6) is 5.75 Å². The minimum absolute atomic E-state index is 0.0170. The summed E-state index contributed by atoms with van der Waals surface area (Å²) in [5.41, 5.74) is 5.68. The fraction of sp³-hybridized carbons (Fsp3) is 0.160. The molecule has 2 aliphatic rings. The van der Waals surface area contributed by atoms with Crippen molar-refractivity contribution in [2.75, 3.05) is 30.4 Å². The third kappa shape index (κ3) is 4.09. The van der Waals surface area contributed by atoms with E-state index in [-0.39, 0.29) is 30.2 Å². The van der Waals surface area contributed by atoms with Gasteiger partial charge in [-0.2, -0.15) is 0 Å². The predicted molar refractivity (Wildman–Crippen MR) is 125 cm³/mol. The summed E-state index contributed by atoms with van der Waals surface area (Å²) in [6.07, 6.45) is 2.14. The molecule has 3 aromatic rings. The molecule has 162 valence electrons. The van der Waals surface area contributed by atoms with E-state index in [1.54, 1.807) is 11.8 Å². The number of hydrogen-bond acceptors (Lipinski definition) is 5. The van der Waals surface area contributed by atoms with Crippen LogP contribution >= 0.6 is 11.8 Å². The molecule has 32 heavy (non-hydrogen) atoms. The third-order valence-electron chi connectivity index (χ3n) is 5.41. The number of aliphatic hydroxyl groups is 1. The van der Waals surface area contributed by atoms with Crippen LogP contribution in [0.4, 0.5) is 15.8 Å².